The molecule has 0 fully saturated rings. The smallest absolute Gasteiger partial charge is 0.262 e. The molecular formula is C21H22N4O3S. The number of carbonyl (C=O) groups excluding carboxylic acids is 2. The molecule has 8 heteroatoms. The van der Waals surface area contributed by atoms with Crippen LogP contribution in [0.4, 0.5) is 0 Å². The van der Waals surface area contributed by atoms with Gasteiger partial charge in [0, 0.05) is 6.54 Å². The first-order valence-corrected chi connectivity index (χ1v) is 10.2. The minimum Gasteiger partial charge on any atom is -0.368 e. The first kappa shape index (κ1) is 20.6. The van der Waals surface area contributed by atoms with Gasteiger partial charge in [0.05, 0.1) is 23.2 Å². The van der Waals surface area contributed by atoms with Gasteiger partial charge in [0.15, 0.2) is 5.16 Å². The number of para-hydroxylation sites is 1. The van der Waals surface area contributed by atoms with E-state index in [1.165, 1.54) is 17.3 Å². The summed E-state index contributed by atoms with van der Waals surface area (Å²) < 4.78 is 1.62. The Labute approximate surface area is 172 Å². The molecule has 0 atom stereocenters. The van der Waals surface area contributed by atoms with Gasteiger partial charge in [0.2, 0.25) is 11.8 Å². The van der Waals surface area contributed by atoms with Gasteiger partial charge in [0.25, 0.3) is 5.56 Å². The molecule has 2 amide bonds. The highest BCUT2D eigenvalue weighted by Crippen LogP contribution is 2.18. The lowest BCUT2D eigenvalue weighted by molar-refractivity contribution is -0.123. The van der Waals surface area contributed by atoms with Crippen LogP contribution in [-0.4, -0.2) is 33.7 Å². The van der Waals surface area contributed by atoms with Crippen LogP contribution in [0.3, 0.4) is 0 Å². The quantitative estimate of drug-likeness (QED) is 0.413. The maximum Gasteiger partial charge on any atom is 0.262 e. The van der Waals surface area contributed by atoms with Gasteiger partial charge in [-0.2, -0.15) is 0 Å². The Bertz CT molecular complexity index is 1070. The molecule has 0 aliphatic heterocycles. The Kier molecular flexibility index (Phi) is 7.02. The van der Waals surface area contributed by atoms with Crippen LogP contribution >= 0.6 is 11.8 Å². The summed E-state index contributed by atoms with van der Waals surface area (Å²) >= 11 is 1.17. The largest absolute Gasteiger partial charge is 0.368 e. The average molecular weight is 410 g/mol. The number of nitrogens with two attached hydrogens (primary N) is 1. The Morgan fingerprint density at radius 3 is 2.55 bits per heavy atom. The number of carbonyl (C=O) groups is 2. The van der Waals surface area contributed by atoms with Crippen LogP contribution in [0.1, 0.15) is 12.0 Å². The molecule has 3 aromatic rings. The normalized spacial score (nSPS) is 10.8. The highest BCUT2D eigenvalue weighted by Gasteiger charge is 2.13. The topological polar surface area (TPSA) is 107 Å². The fraction of sp³-hybridized carbons (Fsp3) is 0.238. The van der Waals surface area contributed by atoms with Crippen LogP contribution in [0.5, 0.6) is 0 Å². The van der Waals surface area contributed by atoms with E-state index >= 15 is 0 Å². The Balaban J connectivity index is 1.78. The lowest BCUT2D eigenvalue weighted by Crippen LogP contribution is -2.34. The van der Waals surface area contributed by atoms with Gasteiger partial charge in [0.1, 0.15) is 0 Å². The first-order chi connectivity index (χ1) is 14.0. The van der Waals surface area contributed by atoms with E-state index in [0.717, 1.165) is 12.8 Å². The molecule has 1 heterocycles. The summed E-state index contributed by atoms with van der Waals surface area (Å²) in [6, 6.07) is 17.2. The summed E-state index contributed by atoms with van der Waals surface area (Å²) in [7, 11) is 0. The maximum absolute atomic E-state index is 13.0. The molecule has 0 saturated heterocycles. The second-order valence-corrected chi connectivity index (χ2v) is 7.43. The third-order valence-electron chi connectivity index (χ3n) is 4.31. The molecular weight excluding hydrogens is 388 g/mol. The van der Waals surface area contributed by atoms with Crippen LogP contribution in [0.2, 0.25) is 0 Å². The third-order valence-corrected chi connectivity index (χ3v) is 5.29. The number of rotatable bonds is 9. The van der Waals surface area contributed by atoms with Crippen molar-refractivity contribution in [3.05, 3.63) is 70.5 Å². The van der Waals surface area contributed by atoms with Gasteiger partial charge in [-0.15, -0.1) is 0 Å². The number of primary amides is 1. The van der Waals surface area contributed by atoms with Crippen molar-refractivity contribution in [2.24, 2.45) is 5.73 Å². The SMILES string of the molecule is NC(=O)CNC(=O)CSc1nc2ccccc2c(=O)n1CCCc1ccccc1. The van der Waals surface area contributed by atoms with Crippen molar-refractivity contribution in [1.82, 2.24) is 14.9 Å². The number of amides is 2. The molecule has 7 nitrogen and oxygen atoms in total. The van der Waals surface area contributed by atoms with Crippen LogP contribution in [0.15, 0.2) is 64.5 Å². The van der Waals surface area contributed by atoms with E-state index in [4.69, 9.17) is 5.73 Å². The minimum absolute atomic E-state index is 0.0384. The number of thioether (sulfide) groups is 1. The van der Waals surface area contributed by atoms with Crippen LogP contribution in [0.25, 0.3) is 10.9 Å². The van der Waals surface area contributed by atoms with Crippen LogP contribution in [0, 0.1) is 0 Å². The van der Waals surface area contributed by atoms with Crippen molar-refractivity contribution in [2.75, 3.05) is 12.3 Å². The second-order valence-electron chi connectivity index (χ2n) is 6.49. The lowest BCUT2D eigenvalue weighted by Gasteiger charge is -2.13. The van der Waals surface area contributed by atoms with E-state index in [1.807, 2.05) is 30.3 Å². The van der Waals surface area contributed by atoms with E-state index in [-0.39, 0.29) is 23.8 Å². The molecule has 0 unspecified atom stereocenters. The summed E-state index contributed by atoms with van der Waals surface area (Å²) in [5.74, 6) is -0.909. The minimum atomic E-state index is -0.606. The van der Waals surface area contributed by atoms with E-state index < -0.39 is 5.91 Å². The van der Waals surface area contributed by atoms with Gasteiger partial charge >= 0.3 is 0 Å². The zero-order valence-corrected chi connectivity index (χ0v) is 16.7. The van der Waals surface area contributed by atoms with Crippen molar-refractivity contribution in [1.29, 1.82) is 0 Å². The zero-order valence-electron chi connectivity index (χ0n) is 15.8. The number of nitrogens with zero attached hydrogens (tertiary/aromatic N) is 2. The molecule has 0 aliphatic carbocycles. The molecule has 0 spiro atoms. The number of hydrogen-bond acceptors (Lipinski definition) is 5. The molecule has 0 saturated carbocycles. The Morgan fingerprint density at radius 2 is 1.79 bits per heavy atom. The number of aryl methyl sites for hydroxylation is 1. The standard InChI is InChI=1S/C21H22N4O3S/c22-18(26)13-23-19(27)14-29-21-24-17-11-5-4-10-16(17)20(28)25(21)12-6-9-15-7-2-1-3-8-15/h1-5,7-8,10-11H,6,9,12-14H2,(H2,22,26)(H,23,27). The molecule has 0 aliphatic rings. The van der Waals surface area contributed by atoms with E-state index in [0.29, 0.717) is 22.6 Å². The number of aromatic nitrogens is 2. The highest BCUT2D eigenvalue weighted by atomic mass is 32.2. The third kappa shape index (κ3) is 5.68. The average Bonchev–Trinajstić information content (AvgIpc) is 2.73. The molecule has 2 aromatic carbocycles. The number of fused-ring (bicyclic) bond motifs is 1. The number of hydrogen-bond donors (Lipinski definition) is 2. The molecule has 0 radical (unpaired) electrons. The molecule has 0 bridgehead atoms. The van der Waals surface area contributed by atoms with Crippen molar-refractivity contribution < 1.29 is 9.59 Å². The molecule has 1 aromatic heterocycles. The van der Waals surface area contributed by atoms with Crippen molar-refractivity contribution in [3.8, 4) is 0 Å². The summed E-state index contributed by atoms with van der Waals surface area (Å²) in [5, 5.41) is 3.47. The van der Waals surface area contributed by atoms with Gasteiger partial charge < -0.3 is 11.1 Å². The Hall–Kier alpha value is -3.13. The van der Waals surface area contributed by atoms with E-state index in [9.17, 15) is 14.4 Å². The second kappa shape index (κ2) is 9.88. The maximum atomic E-state index is 13.0. The molecule has 3 rings (SSSR count). The fourth-order valence-electron chi connectivity index (χ4n) is 2.91. The van der Waals surface area contributed by atoms with Gasteiger partial charge in [-0.3, -0.25) is 19.0 Å². The van der Waals surface area contributed by atoms with E-state index in [1.54, 1.807) is 16.7 Å². The van der Waals surface area contributed by atoms with Gasteiger partial charge in [-0.05, 0) is 30.5 Å². The summed E-state index contributed by atoms with van der Waals surface area (Å²) in [4.78, 5) is 40.3. The predicted molar refractivity (Wildman–Crippen MR) is 114 cm³/mol. The van der Waals surface area contributed by atoms with Crippen LogP contribution < -0.4 is 16.6 Å². The molecule has 29 heavy (non-hydrogen) atoms. The van der Waals surface area contributed by atoms with E-state index in [2.05, 4.69) is 22.4 Å². The predicted octanol–water partition coefficient (Wildman–Crippen LogP) is 1.72. The monoisotopic (exact) mass is 410 g/mol. The highest BCUT2D eigenvalue weighted by molar-refractivity contribution is 7.99. The zero-order chi connectivity index (χ0) is 20.6. The first-order valence-electron chi connectivity index (χ1n) is 9.26. The number of nitrogens with one attached hydrogen (secondary N) is 1. The number of benzene rings is 2. The Morgan fingerprint density at radius 1 is 1.07 bits per heavy atom. The lowest BCUT2D eigenvalue weighted by atomic mass is 10.1. The van der Waals surface area contributed by atoms with Crippen molar-refractivity contribution >= 4 is 34.5 Å². The summed E-state index contributed by atoms with van der Waals surface area (Å²) in [6.45, 7) is 0.283. The fourth-order valence-corrected chi connectivity index (χ4v) is 3.76. The summed E-state index contributed by atoms with van der Waals surface area (Å²) in [5.41, 5.74) is 6.71. The summed E-state index contributed by atoms with van der Waals surface area (Å²) in [6.07, 6.45) is 1.61. The van der Waals surface area contributed by atoms with Gasteiger partial charge in [-0.25, -0.2) is 4.98 Å². The van der Waals surface area contributed by atoms with Crippen molar-refractivity contribution in [3.63, 3.8) is 0 Å². The van der Waals surface area contributed by atoms with Gasteiger partial charge in [-0.1, -0.05) is 54.2 Å². The molecule has 3 N–H and O–H groups in total. The van der Waals surface area contributed by atoms with Crippen molar-refractivity contribution in [2.45, 2.75) is 24.5 Å². The van der Waals surface area contributed by atoms with Crippen LogP contribution in [-0.2, 0) is 22.6 Å². The molecule has 150 valence electrons.